The number of nitrogens with zero attached hydrogens (tertiary/aromatic N) is 2. The predicted octanol–water partition coefficient (Wildman–Crippen LogP) is 3.00. The topological polar surface area (TPSA) is 29.9 Å². The number of aryl methyl sites for hydroxylation is 1. The Bertz CT molecular complexity index is 449. The Hall–Kier alpha value is -0.830. The zero-order chi connectivity index (χ0) is 13.4. The van der Waals surface area contributed by atoms with Crippen molar-refractivity contribution in [3.8, 4) is 0 Å². The number of rotatable bonds is 4. The molecule has 3 nitrogen and oxygen atoms in total. The molecular formula is C17H27N3. The molecule has 0 spiro atoms. The van der Waals surface area contributed by atoms with Gasteiger partial charge in [-0.3, -0.25) is 0 Å². The molecule has 1 aromatic heterocycles. The smallest absolute Gasteiger partial charge is 0.108 e. The Kier molecular flexibility index (Phi) is 3.55. The summed E-state index contributed by atoms with van der Waals surface area (Å²) >= 11 is 0. The summed E-state index contributed by atoms with van der Waals surface area (Å²) in [5, 5.41) is 3.89. The first kappa shape index (κ1) is 12.9. The lowest BCUT2D eigenvalue weighted by Crippen LogP contribution is -2.39. The van der Waals surface area contributed by atoms with Crippen molar-refractivity contribution in [3.63, 3.8) is 0 Å². The SMILES string of the molecule is c1cn2c(n1)CC[C@H](CN[C@H]1CCC[C@H](C3CC3)C1)C2. The van der Waals surface area contributed by atoms with Crippen LogP contribution >= 0.6 is 0 Å². The summed E-state index contributed by atoms with van der Waals surface area (Å²) in [5.74, 6) is 4.24. The molecule has 3 heteroatoms. The molecule has 3 atom stereocenters. The molecule has 1 N–H and O–H groups in total. The maximum Gasteiger partial charge on any atom is 0.108 e. The Morgan fingerprint density at radius 1 is 1.15 bits per heavy atom. The third kappa shape index (κ3) is 2.78. The summed E-state index contributed by atoms with van der Waals surface area (Å²) in [7, 11) is 0. The van der Waals surface area contributed by atoms with Crippen LogP contribution in [-0.2, 0) is 13.0 Å². The van der Waals surface area contributed by atoms with Crippen molar-refractivity contribution in [1.82, 2.24) is 14.9 Å². The molecule has 2 aliphatic carbocycles. The van der Waals surface area contributed by atoms with Crippen LogP contribution in [0.1, 0.15) is 50.8 Å². The van der Waals surface area contributed by atoms with Gasteiger partial charge in [0.05, 0.1) is 0 Å². The van der Waals surface area contributed by atoms with Gasteiger partial charge in [0.2, 0.25) is 0 Å². The average molecular weight is 273 g/mol. The molecule has 0 aromatic carbocycles. The zero-order valence-electron chi connectivity index (χ0n) is 12.4. The van der Waals surface area contributed by atoms with E-state index in [9.17, 15) is 0 Å². The zero-order valence-corrected chi connectivity index (χ0v) is 12.4. The Morgan fingerprint density at radius 3 is 3.00 bits per heavy atom. The van der Waals surface area contributed by atoms with Crippen LogP contribution in [-0.4, -0.2) is 22.1 Å². The van der Waals surface area contributed by atoms with Gasteiger partial charge in [0.25, 0.3) is 0 Å². The molecule has 0 amide bonds. The first-order valence-electron chi connectivity index (χ1n) is 8.62. The minimum Gasteiger partial charge on any atom is -0.335 e. The lowest BCUT2D eigenvalue weighted by Gasteiger charge is -2.32. The van der Waals surface area contributed by atoms with E-state index in [0.717, 1.165) is 30.2 Å². The highest BCUT2D eigenvalue weighted by molar-refractivity contribution is 4.97. The van der Waals surface area contributed by atoms with Crippen molar-refractivity contribution in [2.75, 3.05) is 6.54 Å². The van der Waals surface area contributed by atoms with E-state index in [2.05, 4.69) is 21.1 Å². The van der Waals surface area contributed by atoms with Gasteiger partial charge in [-0.1, -0.05) is 12.8 Å². The van der Waals surface area contributed by atoms with Crippen LogP contribution in [0, 0.1) is 17.8 Å². The second-order valence-corrected chi connectivity index (χ2v) is 7.27. The number of hydrogen-bond acceptors (Lipinski definition) is 2. The van der Waals surface area contributed by atoms with E-state index in [0.29, 0.717) is 0 Å². The highest BCUT2D eigenvalue weighted by Gasteiger charge is 2.34. The predicted molar refractivity (Wildman–Crippen MR) is 80.5 cm³/mol. The van der Waals surface area contributed by atoms with Crippen LogP contribution in [0.2, 0.25) is 0 Å². The summed E-state index contributed by atoms with van der Waals surface area (Å²) in [5.41, 5.74) is 0. The molecule has 4 rings (SSSR count). The third-order valence-electron chi connectivity index (χ3n) is 5.73. The molecule has 1 aromatic rings. The summed E-state index contributed by atoms with van der Waals surface area (Å²) in [6.45, 7) is 2.38. The Balaban J connectivity index is 1.26. The van der Waals surface area contributed by atoms with E-state index in [4.69, 9.17) is 0 Å². The van der Waals surface area contributed by atoms with E-state index < -0.39 is 0 Å². The molecule has 110 valence electrons. The molecule has 3 aliphatic rings. The maximum absolute atomic E-state index is 4.42. The van der Waals surface area contributed by atoms with Gasteiger partial charge in [0.15, 0.2) is 0 Å². The summed E-state index contributed by atoms with van der Waals surface area (Å²) in [4.78, 5) is 4.42. The largest absolute Gasteiger partial charge is 0.335 e. The van der Waals surface area contributed by atoms with E-state index in [1.54, 1.807) is 0 Å². The summed E-state index contributed by atoms with van der Waals surface area (Å²) < 4.78 is 2.35. The van der Waals surface area contributed by atoms with Gasteiger partial charge < -0.3 is 9.88 Å². The molecule has 20 heavy (non-hydrogen) atoms. The molecule has 2 saturated carbocycles. The van der Waals surface area contributed by atoms with E-state index in [1.807, 2.05) is 6.20 Å². The number of nitrogens with one attached hydrogen (secondary N) is 1. The lowest BCUT2D eigenvalue weighted by atomic mass is 9.82. The van der Waals surface area contributed by atoms with Crippen molar-refractivity contribution < 1.29 is 0 Å². The summed E-state index contributed by atoms with van der Waals surface area (Å²) in [6.07, 6.45) is 15.4. The van der Waals surface area contributed by atoms with Crippen LogP contribution in [0.15, 0.2) is 12.4 Å². The fourth-order valence-corrected chi connectivity index (χ4v) is 4.35. The highest BCUT2D eigenvalue weighted by Crippen LogP contribution is 2.43. The van der Waals surface area contributed by atoms with Gasteiger partial charge in [0.1, 0.15) is 5.82 Å². The number of imidazole rings is 1. The first-order chi connectivity index (χ1) is 9.88. The van der Waals surface area contributed by atoms with E-state index in [-0.39, 0.29) is 0 Å². The monoisotopic (exact) mass is 273 g/mol. The van der Waals surface area contributed by atoms with Crippen LogP contribution in [0.5, 0.6) is 0 Å². The lowest BCUT2D eigenvalue weighted by molar-refractivity contribution is 0.242. The Labute approximate surface area is 122 Å². The maximum atomic E-state index is 4.42. The van der Waals surface area contributed by atoms with Gasteiger partial charge in [-0.05, 0) is 56.4 Å². The molecule has 2 fully saturated rings. The van der Waals surface area contributed by atoms with Crippen molar-refractivity contribution in [3.05, 3.63) is 18.2 Å². The van der Waals surface area contributed by atoms with Crippen molar-refractivity contribution in [2.45, 2.75) is 64.0 Å². The van der Waals surface area contributed by atoms with Crippen LogP contribution < -0.4 is 5.32 Å². The van der Waals surface area contributed by atoms with Gasteiger partial charge in [-0.15, -0.1) is 0 Å². The van der Waals surface area contributed by atoms with Gasteiger partial charge in [-0.25, -0.2) is 4.98 Å². The molecule has 0 bridgehead atoms. The number of hydrogen-bond donors (Lipinski definition) is 1. The van der Waals surface area contributed by atoms with Gasteiger partial charge in [-0.2, -0.15) is 0 Å². The molecule has 0 saturated heterocycles. The minimum atomic E-state index is 0.804. The fourth-order valence-electron chi connectivity index (χ4n) is 4.35. The second-order valence-electron chi connectivity index (χ2n) is 7.27. The third-order valence-corrected chi connectivity index (χ3v) is 5.73. The molecule has 2 heterocycles. The number of aromatic nitrogens is 2. The molecule has 0 radical (unpaired) electrons. The van der Waals surface area contributed by atoms with E-state index >= 15 is 0 Å². The van der Waals surface area contributed by atoms with Crippen LogP contribution in [0.4, 0.5) is 0 Å². The van der Waals surface area contributed by atoms with Crippen molar-refractivity contribution in [1.29, 1.82) is 0 Å². The van der Waals surface area contributed by atoms with Crippen LogP contribution in [0.25, 0.3) is 0 Å². The highest BCUT2D eigenvalue weighted by atomic mass is 15.1. The normalized spacial score (nSPS) is 33.9. The standard InChI is InChI=1S/C17H27N3/c1-2-15(14-5-6-14)10-16(3-1)19-11-13-4-7-17-18-8-9-20(17)12-13/h8-9,13-16,19H,1-7,10-12H2/t13-,15+,16+/m1/s1. The van der Waals surface area contributed by atoms with Gasteiger partial charge in [0, 0.05) is 31.4 Å². The van der Waals surface area contributed by atoms with Crippen molar-refractivity contribution >= 4 is 0 Å². The van der Waals surface area contributed by atoms with Crippen LogP contribution in [0.3, 0.4) is 0 Å². The summed E-state index contributed by atoms with van der Waals surface area (Å²) in [6, 6.07) is 0.804. The minimum absolute atomic E-state index is 0.804. The van der Waals surface area contributed by atoms with Crippen molar-refractivity contribution in [2.24, 2.45) is 17.8 Å². The molecule has 0 unspecified atom stereocenters. The first-order valence-corrected chi connectivity index (χ1v) is 8.62. The number of fused-ring (bicyclic) bond motifs is 1. The second kappa shape index (κ2) is 5.51. The molecular weight excluding hydrogens is 246 g/mol. The Morgan fingerprint density at radius 2 is 2.10 bits per heavy atom. The fraction of sp³-hybridized carbons (Fsp3) is 0.824. The quantitative estimate of drug-likeness (QED) is 0.914. The molecule has 1 aliphatic heterocycles. The average Bonchev–Trinajstić information content (AvgIpc) is 3.24. The van der Waals surface area contributed by atoms with E-state index in [1.165, 1.54) is 63.9 Å². The van der Waals surface area contributed by atoms with Gasteiger partial charge >= 0.3 is 0 Å².